The lowest BCUT2D eigenvalue weighted by atomic mass is 9.98. The van der Waals surface area contributed by atoms with E-state index >= 15 is 0 Å². The predicted molar refractivity (Wildman–Crippen MR) is 225 cm³/mol. The van der Waals surface area contributed by atoms with Crippen molar-refractivity contribution < 1.29 is 73.8 Å². The maximum Gasteiger partial charge on any atom is 0.306 e. The summed E-state index contributed by atoms with van der Waals surface area (Å²) >= 11 is 0. The third-order valence-corrected chi connectivity index (χ3v) is 11.6. The SMILES string of the molecule is CCCCCCCCCCCCCCCCCCCC(=O)O[C@H](COC(=O)CCCCCCCCC)CO[C@H]1O[C@@H](CO[C@H]2O[C@@H](CO)[C@@H](O)C(O)C2O)[C@@H](O)C(O)C1O. The largest absolute Gasteiger partial charge is 0.462 e. The summed E-state index contributed by atoms with van der Waals surface area (Å²) in [6.07, 6.45) is 11.7. The molecule has 2 heterocycles. The second-order valence-corrected chi connectivity index (χ2v) is 17.0. The predicted octanol–water partition coefficient (Wildman–Crippen LogP) is 5.26. The molecule has 0 bridgehead atoms. The van der Waals surface area contributed by atoms with Crippen LogP contribution in [0.25, 0.3) is 0 Å². The molecule has 0 radical (unpaired) electrons. The zero-order valence-corrected chi connectivity index (χ0v) is 37.0. The number of rotatable bonds is 36. The Hall–Kier alpha value is -1.50. The van der Waals surface area contributed by atoms with E-state index in [0.717, 1.165) is 44.9 Å². The van der Waals surface area contributed by atoms with Gasteiger partial charge in [0.2, 0.25) is 0 Å². The van der Waals surface area contributed by atoms with Crippen LogP contribution in [-0.4, -0.2) is 142 Å². The molecular weight excluding hydrogens is 780 g/mol. The monoisotopic (exact) mass is 865 g/mol. The molecule has 15 heteroatoms. The zero-order valence-electron chi connectivity index (χ0n) is 37.0. The number of hydrogen-bond donors (Lipinski definition) is 7. The summed E-state index contributed by atoms with van der Waals surface area (Å²) in [4.78, 5) is 25.5. The van der Waals surface area contributed by atoms with Gasteiger partial charge in [0.15, 0.2) is 18.7 Å². The van der Waals surface area contributed by atoms with Gasteiger partial charge in [-0.15, -0.1) is 0 Å². The standard InChI is InChI=1S/C45H84O15/c1-3-5-7-9-11-12-13-14-15-16-17-18-19-20-22-24-26-28-37(48)58-33(30-55-36(47)27-25-23-21-10-8-6-4-2)31-56-44-43(54)41(52)39(50)35(60-44)32-57-45-42(53)40(51)38(49)34(29-46)59-45/h33-35,38-46,49-54H,3-32H2,1-2H3/t33-,34+,35+,38-,39-,40?,41?,42?,43?,44+,45+/m1/s1. The lowest BCUT2D eigenvalue weighted by Gasteiger charge is -2.42. The number of ether oxygens (including phenoxy) is 6. The van der Waals surface area contributed by atoms with E-state index in [0.29, 0.717) is 12.8 Å². The van der Waals surface area contributed by atoms with Gasteiger partial charge in [-0.1, -0.05) is 155 Å². The quantitative estimate of drug-likeness (QED) is 0.0315. The molecule has 11 atom stereocenters. The van der Waals surface area contributed by atoms with E-state index in [1.54, 1.807) is 0 Å². The molecule has 2 saturated heterocycles. The molecule has 0 saturated carbocycles. The second kappa shape index (κ2) is 34.0. The fraction of sp³-hybridized carbons (Fsp3) is 0.956. The molecule has 60 heavy (non-hydrogen) atoms. The third-order valence-electron chi connectivity index (χ3n) is 11.6. The average molecular weight is 865 g/mol. The van der Waals surface area contributed by atoms with Crippen LogP contribution in [-0.2, 0) is 38.0 Å². The minimum atomic E-state index is -1.76. The molecule has 0 aromatic heterocycles. The number of unbranched alkanes of at least 4 members (excludes halogenated alkanes) is 22. The van der Waals surface area contributed by atoms with E-state index in [-0.39, 0.29) is 26.1 Å². The summed E-state index contributed by atoms with van der Waals surface area (Å²) in [5.74, 6) is -0.922. The second-order valence-electron chi connectivity index (χ2n) is 17.0. The zero-order chi connectivity index (χ0) is 44.0. The Bertz CT molecular complexity index is 1070. The first-order chi connectivity index (χ1) is 29.0. The fourth-order valence-corrected chi connectivity index (χ4v) is 7.63. The van der Waals surface area contributed by atoms with Gasteiger partial charge in [-0.05, 0) is 12.8 Å². The molecule has 7 N–H and O–H groups in total. The average Bonchev–Trinajstić information content (AvgIpc) is 3.24. The van der Waals surface area contributed by atoms with E-state index in [9.17, 15) is 45.3 Å². The van der Waals surface area contributed by atoms with Crippen molar-refractivity contribution in [3.63, 3.8) is 0 Å². The van der Waals surface area contributed by atoms with Crippen LogP contribution in [0.4, 0.5) is 0 Å². The molecule has 0 spiro atoms. The van der Waals surface area contributed by atoms with Gasteiger partial charge >= 0.3 is 11.9 Å². The van der Waals surface area contributed by atoms with Crippen LogP contribution in [0.15, 0.2) is 0 Å². The number of aliphatic hydroxyl groups is 7. The first-order valence-corrected chi connectivity index (χ1v) is 23.6. The van der Waals surface area contributed by atoms with Crippen LogP contribution in [0.1, 0.15) is 181 Å². The van der Waals surface area contributed by atoms with Crippen molar-refractivity contribution in [1.82, 2.24) is 0 Å². The smallest absolute Gasteiger partial charge is 0.306 e. The Balaban J connectivity index is 1.80. The van der Waals surface area contributed by atoms with Crippen LogP contribution in [0.5, 0.6) is 0 Å². The van der Waals surface area contributed by atoms with E-state index in [4.69, 9.17) is 28.4 Å². The van der Waals surface area contributed by atoms with Crippen molar-refractivity contribution in [2.24, 2.45) is 0 Å². The summed E-state index contributed by atoms with van der Waals surface area (Å²) in [6.45, 7) is 2.55. The normalized spacial score (nSPS) is 27.5. The molecule has 354 valence electrons. The Labute approximate surface area is 359 Å². The highest BCUT2D eigenvalue weighted by atomic mass is 16.7. The summed E-state index contributed by atoms with van der Waals surface area (Å²) in [5, 5.41) is 71.8. The minimum absolute atomic E-state index is 0.173. The van der Waals surface area contributed by atoms with E-state index in [1.165, 1.54) is 96.3 Å². The Morgan fingerprint density at radius 2 is 0.850 bits per heavy atom. The van der Waals surface area contributed by atoms with Gasteiger partial charge in [0, 0.05) is 12.8 Å². The number of hydrogen-bond acceptors (Lipinski definition) is 15. The first kappa shape index (κ1) is 54.6. The van der Waals surface area contributed by atoms with E-state index in [1.807, 2.05) is 0 Å². The van der Waals surface area contributed by atoms with Gasteiger partial charge in [-0.2, -0.15) is 0 Å². The number of carbonyl (C=O) groups excluding carboxylic acids is 2. The molecule has 2 aliphatic heterocycles. The molecule has 2 fully saturated rings. The molecule has 15 nitrogen and oxygen atoms in total. The van der Waals surface area contributed by atoms with Gasteiger partial charge < -0.3 is 64.2 Å². The topological polar surface area (TPSA) is 231 Å². The number of esters is 2. The van der Waals surface area contributed by atoms with Gasteiger partial charge in [0.25, 0.3) is 0 Å². The lowest BCUT2D eigenvalue weighted by Crippen LogP contribution is -2.61. The molecule has 0 aliphatic carbocycles. The number of aliphatic hydroxyl groups excluding tert-OH is 7. The maximum absolute atomic E-state index is 12.9. The summed E-state index contributed by atoms with van der Waals surface area (Å²) < 4.78 is 33.4. The van der Waals surface area contributed by atoms with Crippen molar-refractivity contribution in [2.45, 2.75) is 248 Å². The van der Waals surface area contributed by atoms with Crippen LogP contribution >= 0.6 is 0 Å². The highest BCUT2D eigenvalue weighted by molar-refractivity contribution is 5.70. The highest BCUT2D eigenvalue weighted by Crippen LogP contribution is 2.26. The number of carbonyl (C=O) groups is 2. The third kappa shape index (κ3) is 22.7. The Morgan fingerprint density at radius 3 is 1.30 bits per heavy atom. The van der Waals surface area contributed by atoms with Crippen molar-refractivity contribution in [3.05, 3.63) is 0 Å². The molecule has 0 amide bonds. The summed E-state index contributed by atoms with van der Waals surface area (Å²) in [6, 6.07) is 0. The van der Waals surface area contributed by atoms with Crippen LogP contribution in [0.3, 0.4) is 0 Å². The Morgan fingerprint density at radius 1 is 0.467 bits per heavy atom. The highest BCUT2D eigenvalue weighted by Gasteiger charge is 2.47. The van der Waals surface area contributed by atoms with Gasteiger partial charge in [-0.3, -0.25) is 9.59 Å². The molecule has 0 aromatic carbocycles. The van der Waals surface area contributed by atoms with Crippen LogP contribution < -0.4 is 0 Å². The van der Waals surface area contributed by atoms with Gasteiger partial charge in [-0.25, -0.2) is 0 Å². The molecule has 4 unspecified atom stereocenters. The van der Waals surface area contributed by atoms with Crippen molar-refractivity contribution in [1.29, 1.82) is 0 Å². The fourth-order valence-electron chi connectivity index (χ4n) is 7.63. The van der Waals surface area contributed by atoms with E-state index < -0.39 is 92.7 Å². The summed E-state index contributed by atoms with van der Waals surface area (Å²) in [5.41, 5.74) is 0. The lowest BCUT2D eigenvalue weighted by molar-refractivity contribution is -0.332. The maximum atomic E-state index is 12.9. The first-order valence-electron chi connectivity index (χ1n) is 23.6. The van der Waals surface area contributed by atoms with Crippen molar-refractivity contribution in [3.8, 4) is 0 Å². The molecule has 2 aliphatic rings. The molecule has 2 rings (SSSR count). The molecule has 0 aromatic rings. The molecular formula is C45H84O15. The van der Waals surface area contributed by atoms with E-state index in [2.05, 4.69) is 13.8 Å². The van der Waals surface area contributed by atoms with Gasteiger partial charge in [0.1, 0.15) is 55.4 Å². The Kier molecular flexibility index (Phi) is 30.9. The van der Waals surface area contributed by atoms with Crippen molar-refractivity contribution >= 4 is 11.9 Å². The van der Waals surface area contributed by atoms with Crippen LogP contribution in [0.2, 0.25) is 0 Å². The van der Waals surface area contributed by atoms with Crippen LogP contribution in [0, 0.1) is 0 Å². The van der Waals surface area contributed by atoms with Gasteiger partial charge in [0.05, 0.1) is 19.8 Å². The summed E-state index contributed by atoms with van der Waals surface area (Å²) in [7, 11) is 0. The minimum Gasteiger partial charge on any atom is -0.462 e. The van der Waals surface area contributed by atoms with Crippen molar-refractivity contribution in [2.75, 3.05) is 26.4 Å².